The molecule has 80 valence electrons. The topological polar surface area (TPSA) is 40.5 Å². The van der Waals surface area contributed by atoms with Gasteiger partial charge in [0.05, 0.1) is 5.56 Å². The normalized spacial score (nSPS) is 15.7. The summed E-state index contributed by atoms with van der Waals surface area (Å²) in [5.41, 5.74) is 1.34. The molecule has 0 aliphatic carbocycles. The zero-order chi connectivity index (χ0) is 10.8. The van der Waals surface area contributed by atoms with Crippen LogP contribution in [0.5, 0.6) is 0 Å². The number of anilines is 1. The first-order valence-electron chi connectivity index (χ1n) is 4.96. The molecule has 0 spiro atoms. The van der Waals surface area contributed by atoms with E-state index in [-0.39, 0.29) is 0 Å². The Labute approximate surface area is 96.8 Å². The minimum absolute atomic E-state index is 0.333. The summed E-state index contributed by atoms with van der Waals surface area (Å²) in [5, 5.41) is 8.98. The molecule has 1 heterocycles. The Hall–Kier alpha value is -1.03. The minimum atomic E-state index is -0.886. The number of nitrogens with zero attached hydrogens (tertiary/aromatic N) is 1. The molecular formula is C11H12BrNO2. The summed E-state index contributed by atoms with van der Waals surface area (Å²) in [6.07, 6.45) is 2.39. The third kappa shape index (κ3) is 2.15. The molecule has 15 heavy (non-hydrogen) atoms. The van der Waals surface area contributed by atoms with Crippen LogP contribution in [0.3, 0.4) is 0 Å². The van der Waals surface area contributed by atoms with Crippen molar-refractivity contribution in [3.05, 3.63) is 28.2 Å². The molecule has 0 amide bonds. The molecule has 0 radical (unpaired) electrons. The average molecular weight is 270 g/mol. The predicted molar refractivity (Wildman–Crippen MR) is 62.5 cm³/mol. The van der Waals surface area contributed by atoms with Crippen molar-refractivity contribution in [3.8, 4) is 0 Å². The van der Waals surface area contributed by atoms with Crippen molar-refractivity contribution >= 4 is 27.6 Å². The summed E-state index contributed by atoms with van der Waals surface area (Å²) >= 11 is 3.24. The maximum Gasteiger partial charge on any atom is 0.336 e. The second kappa shape index (κ2) is 4.23. The summed E-state index contributed by atoms with van der Waals surface area (Å²) in [6.45, 7) is 2.06. The molecule has 1 saturated heterocycles. The van der Waals surface area contributed by atoms with Crippen molar-refractivity contribution in [1.29, 1.82) is 0 Å². The number of hydrogen-bond acceptors (Lipinski definition) is 2. The average Bonchev–Trinajstić information content (AvgIpc) is 2.71. The zero-order valence-corrected chi connectivity index (χ0v) is 9.83. The number of carbonyl (C=O) groups is 1. The van der Waals surface area contributed by atoms with E-state index in [2.05, 4.69) is 20.8 Å². The number of carboxylic acids is 1. The van der Waals surface area contributed by atoms with Crippen LogP contribution in [0.1, 0.15) is 23.2 Å². The van der Waals surface area contributed by atoms with Gasteiger partial charge in [-0.05, 0) is 47.0 Å². The SMILES string of the molecule is O=C(O)c1cc(N2CCCC2)ccc1Br. The first-order chi connectivity index (χ1) is 7.18. The number of benzene rings is 1. The fourth-order valence-corrected chi connectivity index (χ4v) is 2.27. The van der Waals surface area contributed by atoms with Crippen molar-refractivity contribution < 1.29 is 9.90 Å². The van der Waals surface area contributed by atoms with Crippen molar-refractivity contribution in [3.63, 3.8) is 0 Å². The molecule has 3 nitrogen and oxygen atoms in total. The molecular weight excluding hydrogens is 258 g/mol. The minimum Gasteiger partial charge on any atom is -0.478 e. The highest BCUT2D eigenvalue weighted by Crippen LogP contribution is 2.26. The highest BCUT2D eigenvalue weighted by Gasteiger charge is 2.15. The summed E-state index contributed by atoms with van der Waals surface area (Å²) < 4.78 is 0.637. The number of hydrogen-bond donors (Lipinski definition) is 1. The van der Waals surface area contributed by atoms with Gasteiger partial charge in [-0.3, -0.25) is 0 Å². The summed E-state index contributed by atoms with van der Waals surface area (Å²) in [7, 11) is 0. The van der Waals surface area contributed by atoms with Gasteiger partial charge in [-0.1, -0.05) is 0 Å². The van der Waals surface area contributed by atoms with Crippen molar-refractivity contribution in [2.75, 3.05) is 18.0 Å². The molecule has 0 aromatic heterocycles. The number of rotatable bonds is 2. The van der Waals surface area contributed by atoms with Crippen molar-refractivity contribution in [2.45, 2.75) is 12.8 Å². The maximum absolute atomic E-state index is 10.9. The van der Waals surface area contributed by atoms with Gasteiger partial charge in [-0.15, -0.1) is 0 Å². The van der Waals surface area contributed by atoms with Gasteiger partial charge < -0.3 is 10.0 Å². The fourth-order valence-electron chi connectivity index (χ4n) is 1.85. The van der Waals surface area contributed by atoms with E-state index in [0.717, 1.165) is 18.8 Å². The van der Waals surface area contributed by atoms with E-state index in [1.54, 1.807) is 12.1 Å². The Morgan fingerprint density at radius 1 is 1.33 bits per heavy atom. The van der Waals surface area contributed by atoms with Crippen LogP contribution in [-0.2, 0) is 0 Å². The van der Waals surface area contributed by atoms with Gasteiger partial charge in [-0.2, -0.15) is 0 Å². The van der Waals surface area contributed by atoms with Crippen LogP contribution in [-0.4, -0.2) is 24.2 Å². The van der Waals surface area contributed by atoms with Crippen molar-refractivity contribution in [2.24, 2.45) is 0 Å². The maximum atomic E-state index is 10.9. The van der Waals surface area contributed by atoms with Gasteiger partial charge in [0.1, 0.15) is 0 Å². The molecule has 1 N–H and O–H groups in total. The summed E-state index contributed by atoms with van der Waals surface area (Å²) in [4.78, 5) is 13.2. The lowest BCUT2D eigenvalue weighted by Crippen LogP contribution is -2.18. The van der Waals surface area contributed by atoms with Crippen molar-refractivity contribution in [1.82, 2.24) is 0 Å². The van der Waals surface area contributed by atoms with Crippen LogP contribution >= 0.6 is 15.9 Å². The van der Waals surface area contributed by atoms with Gasteiger partial charge in [0.25, 0.3) is 0 Å². The van der Waals surface area contributed by atoms with Gasteiger partial charge in [0.15, 0.2) is 0 Å². The van der Waals surface area contributed by atoms with E-state index in [0.29, 0.717) is 10.0 Å². The molecule has 2 rings (SSSR count). The van der Waals surface area contributed by atoms with Gasteiger partial charge in [0.2, 0.25) is 0 Å². The Bertz CT molecular complexity index is 386. The van der Waals surface area contributed by atoms with Crippen LogP contribution < -0.4 is 4.90 Å². The third-order valence-electron chi connectivity index (χ3n) is 2.65. The van der Waals surface area contributed by atoms with Gasteiger partial charge >= 0.3 is 5.97 Å². The monoisotopic (exact) mass is 269 g/mol. The highest BCUT2D eigenvalue weighted by atomic mass is 79.9. The lowest BCUT2D eigenvalue weighted by molar-refractivity contribution is 0.0696. The molecule has 0 unspecified atom stereocenters. The van der Waals surface area contributed by atoms with E-state index in [9.17, 15) is 4.79 Å². The van der Waals surface area contributed by atoms with E-state index in [1.807, 2.05) is 6.07 Å². The lowest BCUT2D eigenvalue weighted by atomic mass is 10.2. The molecule has 1 aliphatic rings. The highest BCUT2D eigenvalue weighted by molar-refractivity contribution is 9.10. The number of aromatic carboxylic acids is 1. The van der Waals surface area contributed by atoms with E-state index < -0.39 is 5.97 Å². The molecule has 0 bridgehead atoms. The second-order valence-electron chi connectivity index (χ2n) is 3.66. The standard InChI is InChI=1S/C11H12BrNO2/c12-10-4-3-8(7-9(10)11(14)15)13-5-1-2-6-13/h3-4,7H,1-2,5-6H2,(H,14,15). The third-order valence-corrected chi connectivity index (χ3v) is 3.34. The molecule has 1 aliphatic heterocycles. The smallest absolute Gasteiger partial charge is 0.336 e. The van der Waals surface area contributed by atoms with Crippen LogP contribution in [0.4, 0.5) is 5.69 Å². The second-order valence-corrected chi connectivity index (χ2v) is 4.52. The van der Waals surface area contributed by atoms with Crippen LogP contribution in [0.15, 0.2) is 22.7 Å². The molecule has 0 saturated carbocycles. The molecule has 4 heteroatoms. The number of halogens is 1. The molecule has 1 aromatic carbocycles. The molecule has 0 atom stereocenters. The largest absolute Gasteiger partial charge is 0.478 e. The Balaban J connectivity index is 2.33. The molecule has 1 fully saturated rings. The fraction of sp³-hybridized carbons (Fsp3) is 0.364. The van der Waals surface area contributed by atoms with E-state index in [4.69, 9.17) is 5.11 Å². The lowest BCUT2D eigenvalue weighted by Gasteiger charge is -2.18. The first kappa shape index (κ1) is 10.5. The quantitative estimate of drug-likeness (QED) is 0.898. The van der Waals surface area contributed by atoms with Gasteiger partial charge in [-0.25, -0.2) is 4.79 Å². The van der Waals surface area contributed by atoms with Crippen LogP contribution in [0.25, 0.3) is 0 Å². The number of carboxylic acid groups (broad SMARTS) is 1. The molecule has 1 aromatic rings. The predicted octanol–water partition coefficient (Wildman–Crippen LogP) is 2.75. The van der Waals surface area contributed by atoms with E-state index in [1.165, 1.54) is 12.8 Å². The van der Waals surface area contributed by atoms with E-state index >= 15 is 0 Å². The van der Waals surface area contributed by atoms with Crippen LogP contribution in [0.2, 0.25) is 0 Å². The first-order valence-corrected chi connectivity index (χ1v) is 5.75. The Kier molecular flexibility index (Phi) is 2.95. The Morgan fingerprint density at radius 3 is 2.60 bits per heavy atom. The zero-order valence-electron chi connectivity index (χ0n) is 8.24. The Morgan fingerprint density at radius 2 is 2.00 bits per heavy atom. The van der Waals surface area contributed by atoms with Crippen LogP contribution in [0, 0.1) is 0 Å². The summed E-state index contributed by atoms with van der Waals surface area (Å²) in [6, 6.07) is 5.50. The summed E-state index contributed by atoms with van der Waals surface area (Å²) in [5.74, 6) is -0.886. The van der Waals surface area contributed by atoms with Gasteiger partial charge in [0, 0.05) is 23.2 Å².